The molecule has 1 saturated heterocycles. The Labute approximate surface area is 136 Å². The van der Waals surface area contributed by atoms with Gasteiger partial charge in [-0.05, 0) is 43.8 Å². The van der Waals surface area contributed by atoms with Crippen LogP contribution in [-0.2, 0) is 18.7 Å². The molecule has 128 valence electrons. The minimum atomic E-state index is -1.84. The molecule has 1 saturated carbocycles. The number of carbonyl (C=O) groups is 1. The normalized spacial score (nSPS) is 31.3. The molecule has 0 spiro atoms. The van der Waals surface area contributed by atoms with Crippen molar-refractivity contribution in [3.63, 3.8) is 0 Å². The summed E-state index contributed by atoms with van der Waals surface area (Å²) >= 11 is 0. The molecule has 5 heteroatoms. The van der Waals surface area contributed by atoms with Gasteiger partial charge in [0, 0.05) is 19.4 Å². The van der Waals surface area contributed by atoms with E-state index < -0.39 is 8.32 Å². The maximum Gasteiger partial charge on any atom is 0.192 e. The van der Waals surface area contributed by atoms with Gasteiger partial charge in [0.2, 0.25) is 0 Å². The first-order valence-electron chi connectivity index (χ1n) is 8.64. The molecule has 1 aliphatic heterocycles. The van der Waals surface area contributed by atoms with Crippen molar-refractivity contribution in [2.45, 2.75) is 95.9 Å². The van der Waals surface area contributed by atoms with Gasteiger partial charge in [-0.3, -0.25) is 4.79 Å². The zero-order valence-corrected chi connectivity index (χ0v) is 15.8. The number of hydrogen-bond donors (Lipinski definition) is 0. The van der Waals surface area contributed by atoms with Crippen molar-refractivity contribution in [2.24, 2.45) is 0 Å². The van der Waals surface area contributed by atoms with Gasteiger partial charge in [0.25, 0.3) is 0 Å². The van der Waals surface area contributed by atoms with Crippen LogP contribution in [0.15, 0.2) is 0 Å². The lowest BCUT2D eigenvalue weighted by Gasteiger charge is -2.41. The number of rotatable bonds is 4. The van der Waals surface area contributed by atoms with Gasteiger partial charge in [-0.1, -0.05) is 20.8 Å². The molecule has 1 heterocycles. The van der Waals surface area contributed by atoms with E-state index in [4.69, 9.17) is 13.9 Å². The Bertz CT molecular complexity index is 383. The molecule has 0 bridgehead atoms. The smallest absolute Gasteiger partial charge is 0.192 e. The van der Waals surface area contributed by atoms with E-state index in [1.165, 1.54) is 0 Å². The van der Waals surface area contributed by atoms with E-state index in [1.807, 2.05) is 0 Å². The van der Waals surface area contributed by atoms with Gasteiger partial charge in [0.15, 0.2) is 14.6 Å². The molecular formula is C17H32O4Si. The molecule has 0 N–H and O–H groups in total. The summed E-state index contributed by atoms with van der Waals surface area (Å²) < 4.78 is 18.1. The van der Waals surface area contributed by atoms with Gasteiger partial charge in [0.05, 0.1) is 12.2 Å². The minimum Gasteiger partial charge on any atom is -0.413 e. The van der Waals surface area contributed by atoms with Crippen molar-refractivity contribution in [3.05, 3.63) is 0 Å². The third kappa shape index (κ3) is 4.88. The number of Topliss-reactive ketones (excluding diaryl/α,β-unsaturated/α-hetero) is 1. The van der Waals surface area contributed by atoms with Gasteiger partial charge in [0.1, 0.15) is 5.78 Å². The van der Waals surface area contributed by atoms with Crippen LogP contribution in [-0.4, -0.2) is 39.2 Å². The van der Waals surface area contributed by atoms with Crippen LogP contribution in [0.3, 0.4) is 0 Å². The molecule has 0 aromatic rings. The summed E-state index contributed by atoms with van der Waals surface area (Å²) in [5.41, 5.74) is 0. The van der Waals surface area contributed by atoms with E-state index in [0.29, 0.717) is 12.8 Å². The van der Waals surface area contributed by atoms with Crippen LogP contribution >= 0.6 is 0 Å². The number of hydrogen-bond acceptors (Lipinski definition) is 4. The Hall–Kier alpha value is -0.233. The van der Waals surface area contributed by atoms with E-state index in [2.05, 4.69) is 33.9 Å². The third-order valence-electron chi connectivity index (χ3n) is 5.19. The van der Waals surface area contributed by atoms with Crippen molar-refractivity contribution in [2.75, 3.05) is 6.61 Å². The zero-order valence-electron chi connectivity index (χ0n) is 14.8. The molecule has 1 unspecified atom stereocenters. The van der Waals surface area contributed by atoms with Crippen molar-refractivity contribution in [3.8, 4) is 0 Å². The maximum atomic E-state index is 12.1. The largest absolute Gasteiger partial charge is 0.413 e. The molecule has 0 amide bonds. The van der Waals surface area contributed by atoms with Crippen molar-refractivity contribution >= 4 is 14.1 Å². The highest BCUT2D eigenvalue weighted by atomic mass is 28.4. The molecule has 3 atom stereocenters. The summed E-state index contributed by atoms with van der Waals surface area (Å²) in [5, 5.41) is 0.163. The Morgan fingerprint density at radius 1 is 1.14 bits per heavy atom. The summed E-state index contributed by atoms with van der Waals surface area (Å²) in [7, 11) is -1.84. The summed E-state index contributed by atoms with van der Waals surface area (Å²) in [4.78, 5) is 12.1. The second kappa shape index (κ2) is 7.12. The number of ether oxygens (including phenoxy) is 2. The van der Waals surface area contributed by atoms with Crippen molar-refractivity contribution in [1.29, 1.82) is 0 Å². The fourth-order valence-electron chi connectivity index (χ4n) is 2.87. The average molecular weight is 329 g/mol. The molecule has 22 heavy (non-hydrogen) atoms. The molecule has 1 aliphatic carbocycles. The fraction of sp³-hybridized carbons (Fsp3) is 0.941. The molecule has 4 nitrogen and oxygen atoms in total. The van der Waals surface area contributed by atoms with Crippen LogP contribution in [0.2, 0.25) is 18.1 Å². The second-order valence-electron chi connectivity index (χ2n) is 8.24. The average Bonchev–Trinajstić information content (AvgIpc) is 2.37. The predicted octanol–water partition coefficient (Wildman–Crippen LogP) is 4.04. The van der Waals surface area contributed by atoms with E-state index in [-0.39, 0.29) is 29.3 Å². The standard InChI is InChI=1S/C17H32O4Si/c1-17(2,3)22(4,5)21-15-11-13(18)10-14(12-15)20-16-8-6-7-9-19-16/h14-16H,6-12H2,1-5H3/t14-,15-,16?/m0/s1. The molecule has 0 aromatic carbocycles. The predicted molar refractivity (Wildman–Crippen MR) is 89.4 cm³/mol. The summed E-state index contributed by atoms with van der Waals surface area (Å²) in [6.07, 6.45) is 4.91. The highest BCUT2D eigenvalue weighted by molar-refractivity contribution is 6.74. The number of ketones is 1. The Kier molecular flexibility index (Phi) is 5.86. The van der Waals surface area contributed by atoms with Crippen LogP contribution in [0.5, 0.6) is 0 Å². The van der Waals surface area contributed by atoms with Crippen molar-refractivity contribution in [1.82, 2.24) is 0 Å². The second-order valence-corrected chi connectivity index (χ2v) is 13.0. The fourth-order valence-corrected chi connectivity index (χ4v) is 4.24. The van der Waals surface area contributed by atoms with Gasteiger partial charge in [-0.15, -0.1) is 0 Å². The zero-order chi connectivity index (χ0) is 16.4. The first-order chi connectivity index (χ1) is 10.2. The van der Waals surface area contributed by atoms with Gasteiger partial charge < -0.3 is 13.9 Å². The topological polar surface area (TPSA) is 44.8 Å². The SMILES string of the molecule is CC(C)(C)[Si](C)(C)O[C@H]1CC(=O)C[C@H](OC2CCCCO2)C1. The van der Waals surface area contributed by atoms with E-state index >= 15 is 0 Å². The maximum absolute atomic E-state index is 12.1. The first kappa shape index (κ1) is 18.1. The first-order valence-corrected chi connectivity index (χ1v) is 11.5. The lowest BCUT2D eigenvalue weighted by Crippen LogP contribution is -2.47. The van der Waals surface area contributed by atoms with Crippen LogP contribution in [0, 0.1) is 0 Å². The van der Waals surface area contributed by atoms with Gasteiger partial charge in [-0.25, -0.2) is 0 Å². The number of carbonyl (C=O) groups excluding carboxylic acids is 1. The van der Waals surface area contributed by atoms with E-state index in [9.17, 15) is 4.79 Å². The lowest BCUT2D eigenvalue weighted by molar-refractivity contribution is -0.197. The van der Waals surface area contributed by atoms with E-state index in [0.717, 1.165) is 32.3 Å². The third-order valence-corrected chi connectivity index (χ3v) is 9.72. The molecule has 2 aliphatic rings. The molecule has 0 aromatic heterocycles. The van der Waals surface area contributed by atoms with Crippen LogP contribution in [0.4, 0.5) is 0 Å². The Morgan fingerprint density at radius 2 is 1.82 bits per heavy atom. The highest BCUT2D eigenvalue weighted by Gasteiger charge is 2.41. The summed E-state index contributed by atoms with van der Waals surface area (Å²) in [5.74, 6) is 0.260. The van der Waals surface area contributed by atoms with E-state index in [1.54, 1.807) is 0 Å². The molecule has 2 rings (SSSR count). The monoisotopic (exact) mass is 328 g/mol. The van der Waals surface area contributed by atoms with Crippen molar-refractivity contribution < 1.29 is 18.7 Å². The Balaban J connectivity index is 1.91. The van der Waals surface area contributed by atoms with Gasteiger partial charge >= 0.3 is 0 Å². The highest BCUT2D eigenvalue weighted by Crippen LogP contribution is 2.39. The van der Waals surface area contributed by atoms with Crippen LogP contribution in [0.1, 0.15) is 59.3 Å². The molecule has 0 radical (unpaired) electrons. The quantitative estimate of drug-likeness (QED) is 0.731. The minimum absolute atomic E-state index is 0.00994. The van der Waals surface area contributed by atoms with Crippen LogP contribution in [0.25, 0.3) is 0 Å². The van der Waals surface area contributed by atoms with Crippen LogP contribution < -0.4 is 0 Å². The molecular weight excluding hydrogens is 296 g/mol. The molecule has 2 fully saturated rings. The summed E-state index contributed by atoms with van der Waals surface area (Å²) in [6.45, 7) is 11.9. The lowest BCUT2D eigenvalue weighted by atomic mass is 9.94. The summed E-state index contributed by atoms with van der Waals surface area (Å²) in [6, 6.07) is 0. The Morgan fingerprint density at radius 3 is 2.41 bits per heavy atom. The van der Waals surface area contributed by atoms with Gasteiger partial charge in [-0.2, -0.15) is 0 Å².